The number of anilines is 2. The third-order valence-electron chi connectivity index (χ3n) is 10.1. The molecule has 0 amide bonds. The molecule has 2 aromatic carbocycles. The molecule has 9 nitrogen and oxygen atoms in total. The van der Waals surface area contributed by atoms with Crippen LogP contribution in [0.4, 0.5) is 11.6 Å². The molecule has 0 bridgehead atoms. The van der Waals surface area contributed by atoms with Crippen molar-refractivity contribution in [2.45, 2.75) is 64.6 Å². The summed E-state index contributed by atoms with van der Waals surface area (Å²) in [7, 11) is 3.34. The minimum atomic E-state index is -0.273. The summed E-state index contributed by atoms with van der Waals surface area (Å²) in [4.78, 5) is 29.5. The normalized spacial score (nSPS) is 17.8. The van der Waals surface area contributed by atoms with Crippen LogP contribution < -0.4 is 25.0 Å². The van der Waals surface area contributed by atoms with Gasteiger partial charge in [-0.25, -0.2) is 15.0 Å². The van der Waals surface area contributed by atoms with Gasteiger partial charge in [0.2, 0.25) is 5.78 Å². The second kappa shape index (κ2) is 14.3. The molecule has 2 N–H and O–H groups in total. The maximum absolute atomic E-state index is 13.6. The molecule has 1 saturated heterocycles. The molecule has 2 fully saturated rings. The molecule has 1 spiro atoms. The third-order valence-corrected chi connectivity index (χ3v) is 10.3. The van der Waals surface area contributed by atoms with Gasteiger partial charge in [0.25, 0.3) is 0 Å². The molecule has 2 atom stereocenters. The number of aromatic nitrogens is 3. The Kier molecular flexibility index (Phi) is 9.94. The summed E-state index contributed by atoms with van der Waals surface area (Å²) in [5.41, 5.74) is 3.97. The number of pyridine rings is 1. The SMILES string of the molecule is COc1ccc(CNc2nccc(C(=O)c3ncc(N4CCC5(CCC[C@H]5NC(C)c5ccc(OC)cc5)CC4)nc3Cl)c2C)cc1. The van der Waals surface area contributed by atoms with E-state index in [4.69, 9.17) is 21.1 Å². The van der Waals surface area contributed by atoms with E-state index in [1.54, 1.807) is 32.7 Å². The first-order valence-electron chi connectivity index (χ1n) is 16.3. The van der Waals surface area contributed by atoms with E-state index in [9.17, 15) is 4.79 Å². The predicted octanol–water partition coefficient (Wildman–Crippen LogP) is 7.18. The molecule has 1 aliphatic heterocycles. The standard InChI is InChI=1S/C37H43ClN6O3/c1-24-30(15-19-39-36(24)41-22-26-7-11-28(46-3)12-8-26)34(45)33-35(38)43-32(23-40-33)44-20-17-37(18-21-44)16-5-6-31(37)42-25(2)27-9-13-29(47-4)14-10-27/h7-15,19,23,25,31,42H,5-6,16-18,20-22H2,1-4H3,(H,39,41)/t25?,31-/m1/s1. The van der Waals surface area contributed by atoms with Crippen molar-refractivity contribution >= 4 is 29.0 Å². The molecule has 0 radical (unpaired) electrons. The minimum absolute atomic E-state index is 0.116. The monoisotopic (exact) mass is 654 g/mol. The summed E-state index contributed by atoms with van der Waals surface area (Å²) in [6.07, 6.45) is 9.12. The topological polar surface area (TPSA) is 102 Å². The highest BCUT2D eigenvalue weighted by molar-refractivity contribution is 6.33. The van der Waals surface area contributed by atoms with Gasteiger partial charge in [-0.2, -0.15) is 0 Å². The van der Waals surface area contributed by atoms with Crippen molar-refractivity contribution in [3.8, 4) is 11.5 Å². The summed E-state index contributed by atoms with van der Waals surface area (Å²) < 4.78 is 10.6. The first kappa shape index (κ1) is 32.7. The van der Waals surface area contributed by atoms with Gasteiger partial charge in [0.05, 0.1) is 20.4 Å². The molecule has 6 rings (SSSR count). The highest BCUT2D eigenvalue weighted by atomic mass is 35.5. The van der Waals surface area contributed by atoms with Crippen LogP contribution in [0.25, 0.3) is 0 Å². The number of benzene rings is 2. The molecule has 47 heavy (non-hydrogen) atoms. The van der Waals surface area contributed by atoms with E-state index in [-0.39, 0.29) is 28.1 Å². The van der Waals surface area contributed by atoms with Crippen molar-refractivity contribution < 1.29 is 14.3 Å². The van der Waals surface area contributed by atoms with Crippen LogP contribution in [0.5, 0.6) is 11.5 Å². The predicted molar refractivity (Wildman–Crippen MR) is 186 cm³/mol. The summed E-state index contributed by atoms with van der Waals surface area (Å²) >= 11 is 6.65. The van der Waals surface area contributed by atoms with Gasteiger partial charge in [-0.1, -0.05) is 42.3 Å². The molecule has 3 heterocycles. The van der Waals surface area contributed by atoms with Gasteiger partial charge in [0.15, 0.2) is 5.15 Å². The minimum Gasteiger partial charge on any atom is -0.497 e. The second-order valence-corrected chi connectivity index (χ2v) is 13.0. The Bertz CT molecular complexity index is 1690. The maximum atomic E-state index is 13.6. The van der Waals surface area contributed by atoms with E-state index >= 15 is 0 Å². The molecule has 10 heteroatoms. The number of piperidine rings is 1. The highest BCUT2D eigenvalue weighted by Crippen LogP contribution is 2.47. The Morgan fingerprint density at radius 3 is 2.34 bits per heavy atom. The smallest absolute Gasteiger partial charge is 0.214 e. The number of carbonyl (C=O) groups excluding carboxylic acids is 1. The number of ether oxygens (including phenoxy) is 2. The van der Waals surface area contributed by atoms with E-state index in [1.165, 1.54) is 24.8 Å². The van der Waals surface area contributed by atoms with Crippen molar-refractivity contribution in [3.63, 3.8) is 0 Å². The van der Waals surface area contributed by atoms with Crippen molar-refractivity contribution in [1.29, 1.82) is 0 Å². The zero-order valence-corrected chi connectivity index (χ0v) is 28.3. The fraction of sp³-hybridized carbons (Fsp3) is 0.405. The second-order valence-electron chi connectivity index (χ2n) is 12.7. The first-order chi connectivity index (χ1) is 22.8. The van der Waals surface area contributed by atoms with E-state index in [1.807, 2.05) is 43.3 Å². The average Bonchev–Trinajstić information content (AvgIpc) is 3.48. The lowest BCUT2D eigenvalue weighted by Crippen LogP contribution is -2.49. The summed E-state index contributed by atoms with van der Waals surface area (Å²) in [5, 5.41) is 7.42. The molecule has 2 aliphatic rings. The zero-order valence-electron chi connectivity index (χ0n) is 27.6. The van der Waals surface area contributed by atoms with E-state index in [0.717, 1.165) is 48.6 Å². The zero-order chi connectivity index (χ0) is 33.0. The fourth-order valence-electron chi connectivity index (χ4n) is 7.15. The molecular formula is C37H43ClN6O3. The van der Waals surface area contributed by atoms with Crippen LogP contribution in [0.15, 0.2) is 67.0 Å². The van der Waals surface area contributed by atoms with Crippen LogP contribution in [0.2, 0.25) is 5.15 Å². The number of ketones is 1. The number of halogens is 1. The Balaban J connectivity index is 1.08. The van der Waals surface area contributed by atoms with Gasteiger partial charge in [-0.15, -0.1) is 0 Å². The largest absolute Gasteiger partial charge is 0.497 e. The summed E-state index contributed by atoms with van der Waals surface area (Å²) in [6.45, 7) is 6.43. The van der Waals surface area contributed by atoms with Gasteiger partial charge in [0, 0.05) is 49.0 Å². The van der Waals surface area contributed by atoms with Crippen LogP contribution in [0.1, 0.15) is 77.8 Å². The molecule has 2 aromatic heterocycles. The van der Waals surface area contributed by atoms with Crippen molar-refractivity contribution in [3.05, 3.63) is 100 Å². The Morgan fingerprint density at radius 2 is 1.68 bits per heavy atom. The molecule has 1 unspecified atom stereocenters. The van der Waals surface area contributed by atoms with E-state index < -0.39 is 0 Å². The van der Waals surface area contributed by atoms with Gasteiger partial charge >= 0.3 is 0 Å². The van der Waals surface area contributed by atoms with Crippen molar-refractivity contribution in [1.82, 2.24) is 20.3 Å². The number of rotatable bonds is 11. The van der Waals surface area contributed by atoms with Crippen molar-refractivity contribution in [2.75, 3.05) is 37.5 Å². The lowest BCUT2D eigenvalue weighted by Gasteiger charge is -2.44. The van der Waals surface area contributed by atoms with Gasteiger partial charge in [-0.3, -0.25) is 4.79 Å². The summed E-state index contributed by atoms with van der Waals surface area (Å²) in [5.74, 6) is 2.75. The molecule has 1 saturated carbocycles. The van der Waals surface area contributed by atoms with Gasteiger partial charge < -0.3 is 25.0 Å². The number of hydrogen-bond donors (Lipinski definition) is 2. The maximum Gasteiger partial charge on any atom is 0.214 e. The first-order valence-corrected chi connectivity index (χ1v) is 16.7. The molecule has 4 aromatic rings. The quantitative estimate of drug-likeness (QED) is 0.163. The number of nitrogens with one attached hydrogen (secondary N) is 2. The fourth-order valence-corrected chi connectivity index (χ4v) is 7.37. The van der Waals surface area contributed by atoms with Crippen LogP contribution in [0, 0.1) is 12.3 Å². The van der Waals surface area contributed by atoms with Crippen molar-refractivity contribution in [2.24, 2.45) is 5.41 Å². The third kappa shape index (κ3) is 7.06. The van der Waals surface area contributed by atoms with Crippen LogP contribution in [-0.4, -0.2) is 54.1 Å². The van der Waals surface area contributed by atoms with Crippen LogP contribution in [0.3, 0.4) is 0 Å². The van der Waals surface area contributed by atoms with Crippen LogP contribution in [-0.2, 0) is 6.54 Å². The highest BCUT2D eigenvalue weighted by Gasteiger charge is 2.45. The number of nitrogens with zero attached hydrogens (tertiary/aromatic N) is 4. The number of hydrogen-bond acceptors (Lipinski definition) is 9. The molecule has 246 valence electrons. The lowest BCUT2D eigenvalue weighted by molar-refractivity contribution is 0.103. The average molecular weight is 655 g/mol. The van der Waals surface area contributed by atoms with Gasteiger partial charge in [0.1, 0.15) is 28.8 Å². The summed E-state index contributed by atoms with van der Waals surface area (Å²) in [6, 6.07) is 18.6. The Labute approximate surface area is 282 Å². The Hall–Kier alpha value is -4.21. The Morgan fingerprint density at radius 1 is 1.00 bits per heavy atom. The van der Waals surface area contributed by atoms with E-state index in [2.05, 4.69) is 49.5 Å². The number of methoxy groups -OCH3 is 2. The van der Waals surface area contributed by atoms with Crippen LogP contribution >= 0.6 is 11.6 Å². The van der Waals surface area contributed by atoms with E-state index in [0.29, 0.717) is 29.8 Å². The van der Waals surface area contributed by atoms with Gasteiger partial charge in [-0.05, 0) is 86.4 Å². The molecular weight excluding hydrogens is 612 g/mol. The number of carbonyl (C=O) groups is 1. The molecule has 1 aliphatic carbocycles. The lowest BCUT2D eigenvalue weighted by atomic mass is 9.73.